The molecule has 1 aliphatic rings. The first-order valence-corrected chi connectivity index (χ1v) is 8.49. The smallest absolute Gasteiger partial charge is 0.269 e. The van der Waals surface area contributed by atoms with E-state index < -0.39 is 4.92 Å². The number of non-ortho nitro benzene ring substituents is 1. The van der Waals surface area contributed by atoms with Crippen LogP contribution in [0, 0.1) is 10.1 Å². The lowest BCUT2D eigenvalue weighted by Gasteiger charge is -2.33. The van der Waals surface area contributed by atoms with Gasteiger partial charge < -0.3 is 0 Å². The fourth-order valence-corrected chi connectivity index (χ4v) is 2.90. The highest BCUT2D eigenvalue weighted by Crippen LogP contribution is 2.18. The Labute approximate surface area is 163 Å². The van der Waals surface area contributed by atoms with Crippen LogP contribution in [0.4, 0.5) is 5.69 Å². The second-order valence-corrected chi connectivity index (χ2v) is 6.32. The van der Waals surface area contributed by atoms with Crippen molar-refractivity contribution in [2.75, 3.05) is 26.2 Å². The van der Waals surface area contributed by atoms with Gasteiger partial charge in [-0.3, -0.25) is 20.0 Å². The quantitative estimate of drug-likeness (QED) is 0.439. The molecule has 0 atom stereocenters. The van der Waals surface area contributed by atoms with Crippen LogP contribution in [0.5, 0.6) is 0 Å². The van der Waals surface area contributed by atoms with E-state index in [1.807, 2.05) is 23.2 Å². The summed E-state index contributed by atoms with van der Waals surface area (Å²) in [5.41, 5.74) is 2.08. The van der Waals surface area contributed by atoms with Crippen molar-refractivity contribution >= 4 is 35.9 Å². The molecule has 6 nitrogen and oxygen atoms in total. The number of rotatable bonds is 5. The first kappa shape index (κ1) is 20.2. The third-order valence-electron chi connectivity index (χ3n) is 4.17. The second kappa shape index (κ2) is 9.52. The third-order valence-corrected chi connectivity index (χ3v) is 4.54. The Morgan fingerprint density at radius 2 is 1.73 bits per heavy atom. The van der Waals surface area contributed by atoms with E-state index in [2.05, 4.69) is 16.1 Å². The van der Waals surface area contributed by atoms with Gasteiger partial charge in [0, 0.05) is 49.9 Å². The molecule has 2 aromatic rings. The summed E-state index contributed by atoms with van der Waals surface area (Å²) in [6, 6.07) is 14.3. The molecular weight excluding hydrogens is 375 g/mol. The zero-order valence-electron chi connectivity index (χ0n) is 14.1. The van der Waals surface area contributed by atoms with E-state index in [0.29, 0.717) is 0 Å². The molecule has 0 aromatic heterocycles. The molecule has 0 radical (unpaired) electrons. The van der Waals surface area contributed by atoms with Crippen molar-refractivity contribution in [3.8, 4) is 0 Å². The van der Waals surface area contributed by atoms with Crippen molar-refractivity contribution in [2.24, 2.45) is 5.10 Å². The van der Waals surface area contributed by atoms with Crippen LogP contribution in [0.2, 0.25) is 5.02 Å². The number of halogens is 2. The largest absolute Gasteiger partial charge is 0.295 e. The van der Waals surface area contributed by atoms with Gasteiger partial charge in [0.25, 0.3) is 5.69 Å². The Morgan fingerprint density at radius 1 is 1.08 bits per heavy atom. The molecule has 3 rings (SSSR count). The molecule has 0 aliphatic carbocycles. The Kier molecular flexibility index (Phi) is 7.38. The molecule has 8 heteroatoms. The highest BCUT2D eigenvalue weighted by Gasteiger charge is 2.16. The molecule has 0 spiro atoms. The van der Waals surface area contributed by atoms with Crippen molar-refractivity contribution in [1.82, 2.24) is 9.91 Å². The maximum atomic E-state index is 10.7. The molecule has 0 N–H and O–H groups in total. The van der Waals surface area contributed by atoms with Gasteiger partial charge >= 0.3 is 0 Å². The van der Waals surface area contributed by atoms with E-state index in [9.17, 15) is 10.1 Å². The standard InChI is InChI=1S/C18H19ClN4O2.ClH/c19-18-4-2-1-3-16(18)14-21-9-11-22(12-10-21)20-13-15-5-7-17(8-6-15)23(24)25;/h1-8,13H,9-12,14H2;1H/b20-13-;. The average molecular weight is 395 g/mol. The van der Waals surface area contributed by atoms with E-state index in [4.69, 9.17) is 11.6 Å². The van der Waals surface area contributed by atoms with Crippen LogP contribution in [0.15, 0.2) is 53.6 Å². The van der Waals surface area contributed by atoms with Gasteiger partial charge in [-0.1, -0.05) is 29.8 Å². The van der Waals surface area contributed by atoms with Gasteiger partial charge in [-0.2, -0.15) is 5.10 Å². The van der Waals surface area contributed by atoms with Crippen molar-refractivity contribution in [3.63, 3.8) is 0 Å². The monoisotopic (exact) mass is 394 g/mol. The minimum atomic E-state index is -0.404. The van der Waals surface area contributed by atoms with E-state index in [1.165, 1.54) is 12.1 Å². The minimum Gasteiger partial charge on any atom is -0.295 e. The molecule has 1 aliphatic heterocycles. The Balaban J connectivity index is 0.00000243. The van der Waals surface area contributed by atoms with Crippen molar-refractivity contribution in [1.29, 1.82) is 0 Å². The van der Waals surface area contributed by atoms with Crippen molar-refractivity contribution < 1.29 is 4.92 Å². The number of piperazine rings is 1. The number of nitrogens with zero attached hydrogens (tertiary/aromatic N) is 4. The lowest BCUT2D eigenvalue weighted by atomic mass is 10.2. The average Bonchev–Trinajstić information content (AvgIpc) is 2.63. The zero-order chi connectivity index (χ0) is 17.6. The van der Waals surface area contributed by atoms with Gasteiger partial charge in [0.2, 0.25) is 0 Å². The Hall–Kier alpha value is -2.15. The van der Waals surface area contributed by atoms with E-state index in [1.54, 1.807) is 18.3 Å². The molecule has 1 heterocycles. The SMILES string of the molecule is Cl.O=[N+]([O-])c1ccc(/C=N\N2CCN(Cc3ccccc3Cl)CC2)cc1. The van der Waals surface area contributed by atoms with Crippen LogP contribution in [0.3, 0.4) is 0 Å². The lowest BCUT2D eigenvalue weighted by Crippen LogP contribution is -2.43. The van der Waals surface area contributed by atoms with Crippen LogP contribution in [-0.2, 0) is 6.54 Å². The molecule has 26 heavy (non-hydrogen) atoms. The van der Waals surface area contributed by atoms with Crippen molar-refractivity contribution in [3.05, 3.63) is 74.8 Å². The van der Waals surface area contributed by atoms with Gasteiger partial charge in [0.1, 0.15) is 0 Å². The van der Waals surface area contributed by atoms with Crippen LogP contribution >= 0.6 is 24.0 Å². The normalized spacial score (nSPS) is 15.0. The Morgan fingerprint density at radius 3 is 2.35 bits per heavy atom. The number of hydrogen-bond donors (Lipinski definition) is 0. The molecular formula is C18H20Cl2N4O2. The number of nitro groups is 1. The number of hydrogen-bond acceptors (Lipinski definition) is 5. The molecule has 2 aromatic carbocycles. The van der Waals surface area contributed by atoms with Crippen LogP contribution in [-0.4, -0.2) is 47.2 Å². The highest BCUT2D eigenvalue weighted by atomic mass is 35.5. The molecule has 0 unspecified atom stereocenters. The molecule has 0 amide bonds. The molecule has 0 bridgehead atoms. The first-order chi connectivity index (χ1) is 12.1. The summed E-state index contributed by atoms with van der Waals surface area (Å²) in [6.07, 6.45) is 1.74. The second-order valence-electron chi connectivity index (χ2n) is 5.91. The summed E-state index contributed by atoms with van der Waals surface area (Å²) in [4.78, 5) is 12.6. The lowest BCUT2D eigenvalue weighted by molar-refractivity contribution is -0.384. The number of hydrazone groups is 1. The molecule has 0 saturated carbocycles. The van der Waals surface area contributed by atoms with Gasteiger partial charge in [-0.05, 0) is 29.3 Å². The predicted octanol–water partition coefficient (Wildman–Crippen LogP) is 3.82. The maximum Gasteiger partial charge on any atom is 0.269 e. The van der Waals surface area contributed by atoms with Gasteiger partial charge in [-0.25, -0.2) is 0 Å². The summed E-state index contributed by atoms with van der Waals surface area (Å²) in [6.45, 7) is 4.37. The molecule has 138 valence electrons. The number of nitro benzene ring substituents is 1. The third kappa shape index (κ3) is 5.42. The Bertz CT molecular complexity index is 760. The minimum absolute atomic E-state index is 0. The van der Waals surface area contributed by atoms with Gasteiger partial charge in [-0.15, -0.1) is 12.4 Å². The molecule has 1 saturated heterocycles. The fourth-order valence-electron chi connectivity index (χ4n) is 2.71. The van der Waals surface area contributed by atoms with Crippen LogP contribution in [0.25, 0.3) is 0 Å². The first-order valence-electron chi connectivity index (χ1n) is 8.11. The highest BCUT2D eigenvalue weighted by molar-refractivity contribution is 6.31. The maximum absolute atomic E-state index is 10.7. The van der Waals surface area contributed by atoms with Gasteiger partial charge in [0.15, 0.2) is 0 Å². The summed E-state index contributed by atoms with van der Waals surface area (Å²) in [7, 11) is 0. The summed E-state index contributed by atoms with van der Waals surface area (Å²) < 4.78 is 0. The predicted molar refractivity (Wildman–Crippen MR) is 106 cm³/mol. The summed E-state index contributed by atoms with van der Waals surface area (Å²) >= 11 is 6.22. The molecule has 1 fully saturated rings. The number of benzene rings is 2. The summed E-state index contributed by atoms with van der Waals surface area (Å²) in [5, 5.41) is 17.9. The van der Waals surface area contributed by atoms with E-state index >= 15 is 0 Å². The topological polar surface area (TPSA) is 62.0 Å². The van der Waals surface area contributed by atoms with E-state index in [0.717, 1.165) is 48.9 Å². The summed E-state index contributed by atoms with van der Waals surface area (Å²) in [5.74, 6) is 0. The van der Waals surface area contributed by atoms with Crippen LogP contribution < -0.4 is 0 Å². The van der Waals surface area contributed by atoms with Crippen molar-refractivity contribution in [2.45, 2.75) is 6.54 Å². The fraction of sp³-hybridized carbons (Fsp3) is 0.278. The van der Waals surface area contributed by atoms with Gasteiger partial charge in [0.05, 0.1) is 11.1 Å². The zero-order valence-corrected chi connectivity index (χ0v) is 15.7. The van der Waals surface area contributed by atoms with E-state index in [-0.39, 0.29) is 18.1 Å². The van der Waals surface area contributed by atoms with Crippen LogP contribution in [0.1, 0.15) is 11.1 Å².